The molecule has 0 spiro atoms. The molecule has 0 aliphatic carbocycles. The summed E-state index contributed by atoms with van der Waals surface area (Å²) in [7, 11) is 0. The number of carbonyl (C=O) groups excluding carboxylic acids is 1. The van der Waals surface area contributed by atoms with Crippen molar-refractivity contribution in [3.63, 3.8) is 0 Å². The first-order chi connectivity index (χ1) is 7.99. The predicted molar refractivity (Wildman–Crippen MR) is 65.7 cm³/mol. The fourth-order valence-electron chi connectivity index (χ4n) is 1.58. The molecule has 0 fully saturated rings. The van der Waals surface area contributed by atoms with Crippen molar-refractivity contribution < 1.29 is 9.18 Å². The fourth-order valence-corrected chi connectivity index (χ4v) is 1.58. The summed E-state index contributed by atoms with van der Waals surface area (Å²) < 4.78 is 12.9. The molecule has 17 heavy (non-hydrogen) atoms. The van der Waals surface area contributed by atoms with Crippen molar-refractivity contribution in [3.8, 4) is 0 Å². The average molecular weight is 238 g/mol. The van der Waals surface area contributed by atoms with Crippen LogP contribution in [-0.2, 0) is 11.3 Å². The maximum atomic E-state index is 12.9. The molecule has 3 nitrogen and oxygen atoms in total. The van der Waals surface area contributed by atoms with E-state index in [0.717, 1.165) is 5.56 Å². The normalized spacial score (nSPS) is 12.5. The van der Waals surface area contributed by atoms with Crippen LogP contribution >= 0.6 is 0 Å². The van der Waals surface area contributed by atoms with Crippen LogP contribution in [0.4, 0.5) is 4.39 Å². The zero-order chi connectivity index (χ0) is 12.8. The minimum Gasteiger partial charge on any atom is -0.351 e. The Balaban J connectivity index is 2.43. The summed E-state index contributed by atoms with van der Waals surface area (Å²) in [6.45, 7) is 4.34. The number of nitrogens with two attached hydrogens (primary N) is 1. The number of nitrogens with one attached hydrogen (secondary N) is 1. The summed E-state index contributed by atoms with van der Waals surface area (Å²) in [6, 6.07) is 5.65. The number of halogens is 1. The molecular weight excluding hydrogens is 219 g/mol. The van der Waals surface area contributed by atoms with Crippen LogP contribution in [0.25, 0.3) is 0 Å². The van der Waals surface area contributed by atoms with Crippen molar-refractivity contribution in [2.75, 3.05) is 0 Å². The van der Waals surface area contributed by atoms with Gasteiger partial charge in [0.15, 0.2) is 0 Å². The smallest absolute Gasteiger partial charge is 0.237 e. The molecule has 0 saturated heterocycles. The minimum atomic E-state index is -0.497. The van der Waals surface area contributed by atoms with Crippen molar-refractivity contribution in [2.45, 2.75) is 32.9 Å². The van der Waals surface area contributed by atoms with Crippen molar-refractivity contribution in [1.82, 2.24) is 5.32 Å². The van der Waals surface area contributed by atoms with Gasteiger partial charge in [-0.15, -0.1) is 0 Å². The van der Waals surface area contributed by atoms with Gasteiger partial charge in [0.2, 0.25) is 5.91 Å². The second kappa shape index (κ2) is 6.35. The lowest BCUT2D eigenvalue weighted by atomic mass is 10.0. The first-order valence-electron chi connectivity index (χ1n) is 5.76. The van der Waals surface area contributed by atoms with Crippen molar-refractivity contribution >= 4 is 5.91 Å². The van der Waals surface area contributed by atoms with Gasteiger partial charge in [-0.25, -0.2) is 4.39 Å². The molecule has 0 aromatic heterocycles. The highest BCUT2D eigenvalue weighted by Gasteiger charge is 2.14. The lowest BCUT2D eigenvalue weighted by Gasteiger charge is -2.14. The van der Waals surface area contributed by atoms with E-state index in [0.29, 0.717) is 18.9 Å². The molecule has 0 heterocycles. The summed E-state index contributed by atoms with van der Waals surface area (Å²) in [5, 5.41) is 2.70. The largest absolute Gasteiger partial charge is 0.351 e. The second-order valence-electron chi connectivity index (χ2n) is 4.58. The Kier molecular flexibility index (Phi) is 5.10. The van der Waals surface area contributed by atoms with Crippen LogP contribution < -0.4 is 11.1 Å². The fraction of sp³-hybridized carbons (Fsp3) is 0.462. The third-order valence-electron chi connectivity index (χ3n) is 2.42. The van der Waals surface area contributed by atoms with E-state index in [4.69, 9.17) is 5.73 Å². The highest BCUT2D eigenvalue weighted by Crippen LogP contribution is 2.05. The van der Waals surface area contributed by atoms with Gasteiger partial charge in [-0.3, -0.25) is 4.79 Å². The first kappa shape index (κ1) is 13.6. The SMILES string of the molecule is CC(C)C[C@@H](N)C(=O)NCc1cccc(F)c1. The van der Waals surface area contributed by atoms with Crippen LogP contribution in [0.5, 0.6) is 0 Å². The van der Waals surface area contributed by atoms with Crippen LogP contribution in [0, 0.1) is 11.7 Å². The molecule has 3 N–H and O–H groups in total. The molecule has 4 heteroatoms. The molecule has 0 aliphatic heterocycles. The van der Waals surface area contributed by atoms with E-state index in [1.807, 2.05) is 13.8 Å². The Morgan fingerprint density at radius 1 is 1.47 bits per heavy atom. The molecule has 1 amide bonds. The van der Waals surface area contributed by atoms with Gasteiger partial charge in [0, 0.05) is 6.54 Å². The van der Waals surface area contributed by atoms with E-state index in [1.165, 1.54) is 12.1 Å². The molecule has 1 atom stereocenters. The van der Waals surface area contributed by atoms with Crippen molar-refractivity contribution in [2.24, 2.45) is 11.7 Å². The summed E-state index contributed by atoms with van der Waals surface area (Å²) in [4.78, 5) is 11.6. The number of benzene rings is 1. The topological polar surface area (TPSA) is 55.1 Å². The van der Waals surface area contributed by atoms with Gasteiger partial charge in [0.1, 0.15) is 5.82 Å². The van der Waals surface area contributed by atoms with E-state index in [9.17, 15) is 9.18 Å². The Bertz CT molecular complexity index is 379. The molecule has 0 aliphatic rings. The van der Waals surface area contributed by atoms with E-state index in [-0.39, 0.29) is 11.7 Å². The third-order valence-corrected chi connectivity index (χ3v) is 2.42. The Morgan fingerprint density at radius 2 is 2.18 bits per heavy atom. The predicted octanol–water partition coefficient (Wildman–Crippen LogP) is 1.82. The third kappa shape index (κ3) is 4.95. The maximum Gasteiger partial charge on any atom is 0.237 e. The molecule has 1 aromatic carbocycles. The lowest BCUT2D eigenvalue weighted by molar-refractivity contribution is -0.122. The number of rotatable bonds is 5. The van der Waals surface area contributed by atoms with E-state index in [2.05, 4.69) is 5.32 Å². The quantitative estimate of drug-likeness (QED) is 0.822. The van der Waals surface area contributed by atoms with Crippen LogP contribution in [0.3, 0.4) is 0 Å². The Hall–Kier alpha value is -1.42. The van der Waals surface area contributed by atoms with Crippen molar-refractivity contribution in [3.05, 3.63) is 35.6 Å². The summed E-state index contributed by atoms with van der Waals surface area (Å²) in [5.41, 5.74) is 6.46. The molecule has 1 rings (SSSR count). The molecule has 0 bridgehead atoms. The average Bonchev–Trinajstić information content (AvgIpc) is 2.25. The zero-order valence-electron chi connectivity index (χ0n) is 10.2. The van der Waals surface area contributed by atoms with Gasteiger partial charge >= 0.3 is 0 Å². The zero-order valence-corrected chi connectivity index (χ0v) is 10.2. The lowest BCUT2D eigenvalue weighted by Crippen LogP contribution is -2.41. The highest BCUT2D eigenvalue weighted by molar-refractivity contribution is 5.81. The molecule has 0 unspecified atom stereocenters. The standard InChI is InChI=1S/C13H19FN2O/c1-9(2)6-12(15)13(17)16-8-10-4-3-5-11(14)7-10/h3-5,7,9,12H,6,8,15H2,1-2H3,(H,16,17)/t12-/m1/s1. The van der Waals surface area contributed by atoms with Gasteiger partial charge < -0.3 is 11.1 Å². The van der Waals surface area contributed by atoms with Gasteiger partial charge in [0.25, 0.3) is 0 Å². The van der Waals surface area contributed by atoms with Gasteiger partial charge in [-0.2, -0.15) is 0 Å². The van der Waals surface area contributed by atoms with E-state index >= 15 is 0 Å². The Morgan fingerprint density at radius 3 is 2.76 bits per heavy atom. The highest BCUT2D eigenvalue weighted by atomic mass is 19.1. The van der Waals surface area contributed by atoms with Crippen LogP contribution in [0.1, 0.15) is 25.8 Å². The van der Waals surface area contributed by atoms with Crippen molar-refractivity contribution in [1.29, 1.82) is 0 Å². The monoisotopic (exact) mass is 238 g/mol. The maximum absolute atomic E-state index is 12.9. The summed E-state index contributed by atoms with van der Waals surface area (Å²) in [5.74, 6) is -0.115. The molecule has 1 aromatic rings. The molecular formula is C13H19FN2O. The number of hydrogen-bond acceptors (Lipinski definition) is 2. The van der Waals surface area contributed by atoms with Crippen LogP contribution in [0.15, 0.2) is 24.3 Å². The van der Waals surface area contributed by atoms with Crippen LogP contribution in [-0.4, -0.2) is 11.9 Å². The molecule has 0 saturated carbocycles. The summed E-state index contributed by atoms with van der Waals surface area (Å²) >= 11 is 0. The first-order valence-corrected chi connectivity index (χ1v) is 5.76. The number of carbonyl (C=O) groups is 1. The van der Waals surface area contributed by atoms with Gasteiger partial charge in [-0.1, -0.05) is 26.0 Å². The summed E-state index contributed by atoms with van der Waals surface area (Å²) in [6.07, 6.45) is 0.648. The number of amides is 1. The van der Waals surface area contributed by atoms with Gasteiger partial charge in [-0.05, 0) is 30.0 Å². The molecule has 94 valence electrons. The second-order valence-corrected chi connectivity index (χ2v) is 4.58. The number of hydrogen-bond donors (Lipinski definition) is 2. The van der Waals surface area contributed by atoms with Gasteiger partial charge in [0.05, 0.1) is 6.04 Å². The van der Waals surface area contributed by atoms with Crippen LogP contribution in [0.2, 0.25) is 0 Å². The van der Waals surface area contributed by atoms with E-state index in [1.54, 1.807) is 12.1 Å². The Labute approximate surface area is 101 Å². The minimum absolute atomic E-state index is 0.192. The molecule has 0 radical (unpaired) electrons. The van der Waals surface area contributed by atoms with E-state index < -0.39 is 6.04 Å².